The predicted octanol–water partition coefficient (Wildman–Crippen LogP) is -7.63. The van der Waals surface area contributed by atoms with Crippen molar-refractivity contribution in [2.45, 2.75) is 122 Å². The number of carbonyl (C=O) groups is 13. The zero-order valence-electron chi connectivity index (χ0n) is 41.8. The van der Waals surface area contributed by atoms with Crippen LogP contribution >= 0.6 is 0 Å². The Morgan fingerprint density at radius 2 is 0.824 bits per heavy atom. The molecular formula is C41H71FeN13O19. The van der Waals surface area contributed by atoms with Gasteiger partial charge in [-0.2, -0.15) is 0 Å². The molecular weight excluding hydrogens is 1030 g/mol. The van der Waals surface area contributed by atoms with Crippen LogP contribution in [-0.2, 0) is 79.4 Å². The van der Waals surface area contributed by atoms with Gasteiger partial charge >= 0.3 is 5.97 Å². The minimum atomic E-state index is -1.79. The summed E-state index contributed by atoms with van der Waals surface area (Å²) in [5, 5.41) is 78.9. The summed E-state index contributed by atoms with van der Waals surface area (Å²) in [6, 6.07) is -10.4. The third-order valence-electron chi connectivity index (χ3n) is 10.2. The van der Waals surface area contributed by atoms with E-state index in [1.54, 1.807) is 0 Å². The Labute approximate surface area is 435 Å². The summed E-state index contributed by atoms with van der Waals surface area (Å²) in [6.07, 6.45) is -0.836. The van der Waals surface area contributed by atoms with E-state index in [2.05, 4.69) is 47.9 Å². The zero-order valence-corrected chi connectivity index (χ0v) is 42.9. The molecule has 3 unspecified atom stereocenters. The van der Waals surface area contributed by atoms with Crippen molar-refractivity contribution >= 4 is 76.9 Å². The number of hydroxylamine groups is 6. The van der Waals surface area contributed by atoms with Gasteiger partial charge in [-0.1, -0.05) is 13.8 Å². The molecule has 0 saturated heterocycles. The van der Waals surface area contributed by atoms with Crippen LogP contribution in [0.25, 0.3) is 0 Å². The Bertz CT molecular complexity index is 1950. The number of nitrogens with zero attached hydrogens (tertiary/aromatic N) is 3. The predicted molar refractivity (Wildman–Crippen MR) is 246 cm³/mol. The minimum absolute atomic E-state index is 0. The van der Waals surface area contributed by atoms with Gasteiger partial charge in [0.15, 0.2) is 0 Å². The molecule has 32 nitrogen and oxygen atoms in total. The van der Waals surface area contributed by atoms with Gasteiger partial charge in [0.25, 0.3) is 0 Å². The van der Waals surface area contributed by atoms with E-state index in [-0.39, 0.29) is 75.2 Å². The summed E-state index contributed by atoms with van der Waals surface area (Å²) in [5.74, 6) is -13.1. The Hall–Kier alpha value is -6.61. The van der Waals surface area contributed by atoms with Gasteiger partial charge in [0.2, 0.25) is 70.9 Å². The number of nitrogens with one attached hydrogen (secondary N) is 9. The van der Waals surface area contributed by atoms with Crippen molar-refractivity contribution in [2.24, 2.45) is 11.7 Å². The third-order valence-corrected chi connectivity index (χ3v) is 10.2. The monoisotopic (exact) mass is 1110 g/mol. The normalized spacial score (nSPS) is 13.5. The largest absolute Gasteiger partial charge is 0.480 e. The number of hydrogen-bond donors (Lipinski definition) is 16. The molecule has 0 aliphatic heterocycles. The van der Waals surface area contributed by atoms with Crippen LogP contribution in [0.15, 0.2) is 0 Å². The number of carboxylic acids is 1. The molecule has 0 spiro atoms. The molecule has 0 aromatic rings. The number of carbonyl (C=O) groups excluding carboxylic acids is 12. The van der Waals surface area contributed by atoms with E-state index in [9.17, 15) is 88.2 Å². The van der Waals surface area contributed by atoms with Crippen LogP contribution in [0.2, 0.25) is 0 Å². The first-order valence-electron chi connectivity index (χ1n) is 22.8. The summed E-state index contributed by atoms with van der Waals surface area (Å²) >= 11 is 0. The SMILES string of the molecule is CC(=O)N(O)CCCC(NC(=O)CNC(=O)[C@@H](C)NC(=O)C(CCCN(O)C(C)=O)NC(=O)[C@@H](CO)NC(=O)[C@H](NC(=O)CNC(=O)C(CCCN(O)C(C)=O)NC(=O)[C@H](N)CO)C(C)C)C(=O)NCC(=O)O.[Fe]. The van der Waals surface area contributed by atoms with Gasteiger partial charge in [-0.3, -0.25) is 78.0 Å². The number of amides is 12. The second kappa shape index (κ2) is 36.3. The molecule has 0 aromatic carbocycles. The van der Waals surface area contributed by atoms with E-state index >= 15 is 0 Å². The van der Waals surface area contributed by atoms with Crippen molar-refractivity contribution in [1.82, 2.24) is 63.0 Å². The number of hydrogen-bond acceptors (Lipinski definition) is 19. The van der Waals surface area contributed by atoms with Gasteiger partial charge in [-0.25, -0.2) is 15.2 Å². The summed E-state index contributed by atoms with van der Waals surface area (Å²) in [7, 11) is 0. The first-order valence-corrected chi connectivity index (χ1v) is 22.8. The summed E-state index contributed by atoms with van der Waals surface area (Å²) in [4.78, 5) is 162. The van der Waals surface area contributed by atoms with E-state index in [0.717, 1.165) is 20.8 Å². The molecule has 0 bridgehead atoms. The van der Waals surface area contributed by atoms with Gasteiger partial charge in [0.05, 0.1) is 26.3 Å². The number of carboxylic acid groups (broad SMARTS) is 1. The average Bonchev–Trinajstić information content (AvgIpc) is 3.32. The number of nitrogens with two attached hydrogens (primary N) is 1. The maximum atomic E-state index is 13.5. The van der Waals surface area contributed by atoms with Crippen LogP contribution in [-0.4, -0.2) is 218 Å². The Morgan fingerprint density at radius 3 is 1.23 bits per heavy atom. The van der Waals surface area contributed by atoms with E-state index < -0.39 is 158 Å². The van der Waals surface area contributed by atoms with Crippen LogP contribution in [0.4, 0.5) is 0 Å². The van der Waals surface area contributed by atoms with Crippen LogP contribution < -0.4 is 53.6 Å². The number of aliphatic carboxylic acids is 1. The van der Waals surface area contributed by atoms with Crippen molar-refractivity contribution in [3.05, 3.63) is 0 Å². The number of rotatable bonds is 34. The van der Waals surface area contributed by atoms with E-state index in [1.165, 1.54) is 20.8 Å². The molecule has 0 fully saturated rings. The molecule has 0 aromatic heterocycles. The summed E-state index contributed by atoms with van der Waals surface area (Å²) in [5.41, 5.74) is 5.52. The van der Waals surface area contributed by atoms with Crippen LogP contribution in [0.5, 0.6) is 0 Å². The van der Waals surface area contributed by atoms with Gasteiger partial charge in [0, 0.05) is 57.5 Å². The maximum Gasteiger partial charge on any atom is 0.322 e. The third kappa shape index (κ3) is 28.0. The van der Waals surface area contributed by atoms with Gasteiger partial charge < -0.3 is 68.9 Å². The fraction of sp³-hybridized carbons (Fsp3) is 0.683. The fourth-order valence-electron chi connectivity index (χ4n) is 5.99. The molecule has 422 valence electrons. The molecule has 74 heavy (non-hydrogen) atoms. The van der Waals surface area contributed by atoms with Gasteiger partial charge in [-0.15, -0.1) is 0 Å². The first-order chi connectivity index (χ1) is 34.1. The average molecular weight is 1110 g/mol. The first kappa shape index (κ1) is 69.5. The molecule has 0 aliphatic carbocycles. The Balaban J connectivity index is 0. The molecule has 33 heteroatoms. The van der Waals surface area contributed by atoms with Crippen LogP contribution in [0, 0.1) is 5.92 Å². The van der Waals surface area contributed by atoms with Gasteiger partial charge in [0.1, 0.15) is 48.8 Å². The van der Waals surface area contributed by atoms with Crippen LogP contribution in [0.1, 0.15) is 80.1 Å². The molecule has 0 radical (unpaired) electrons. The molecule has 17 N–H and O–H groups in total. The van der Waals surface area contributed by atoms with Crippen LogP contribution in [0.3, 0.4) is 0 Å². The minimum Gasteiger partial charge on any atom is -0.480 e. The second-order valence-electron chi connectivity index (χ2n) is 16.7. The molecule has 0 heterocycles. The molecule has 12 amide bonds. The van der Waals surface area contributed by atoms with Crippen molar-refractivity contribution in [1.29, 1.82) is 0 Å². The maximum absolute atomic E-state index is 13.5. The van der Waals surface area contributed by atoms with E-state index in [1.807, 2.05) is 0 Å². The molecule has 0 rings (SSSR count). The van der Waals surface area contributed by atoms with Crippen molar-refractivity contribution in [3.8, 4) is 0 Å². The zero-order chi connectivity index (χ0) is 56.1. The van der Waals surface area contributed by atoms with Gasteiger partial charge in [-0.05, 0) is 51.4 Å². The molecule has 0 aliphatic rings. The molecule has 0 saturated carbocycles. The number of aliphatic hydroxyl groups excluding tert-OH is 2. The second-order valence-corrected chi connectivity index (χ2v) is 16.7. The van der Waals surface area contributed by atoms with E-state index in [4.69, 9.17) is 10.8 Å². The number of aliphatic hydroxyl groups is 2. The standard InChI is InChI=1S/C41H71N13O19.Fe/c1-21(2)34(51-32(61)17-44-38(67)28(48-36(65)26(42)19-55)11-8-14-53(72)24(5)58)41(70)50-30(20-56)40(69)49-29(12-9-15-54(73)25(6)59)39(68)46-22(3)35(64)43-16-31(60)47-27(37(66)45-18-33(62)63)10-7-13-52(71)23(4)57;/h21-22,26-30,34,55-56,71-73H,7-20,42H2,1-6H3,(H,43,64)(H,44,67)(H,45,66)(H,46,68)(H,47,60)(H,48,65)(H,49,69)(H,50,70)(H,51,61)(H,62,63);/t22-,26-,27?,28?,29?,30-,34-;/m1./s1. The topological polar surface area (TPSA) is 487 Å². The quantitative estimate of drug-likeness (QED) is 0.0162. The van der Waals surface area contributed by atoms with Crippen molar-refractivity contribution < 1.29 is 110 Å². The Morgan fingerprint density at radius 1 is 0.459 bits per heavy atom. The fourth-order valence-corrected chi connectivity index (χ4v) is 5.99. The summed E-state index contributed by atoms with van der Waals surface area (Å²) in [6.45, 7) is 2.40. The Kier molecular flexibility index (Phi) is 34.1. The summed E-state index contributed by atoms with van der Waals surface area (Å²) < 4.78 is 0. The van der Waals surface area contributed by atoms with Crippen molar-refractivity contribution in [3.63, 3.8) is 0 Å². The van der Waals surface area contributed by atoms with E-state index in [0.29, 0.717) is 15.2 Å². The molecule has 7 atom stereocenters. The van der Waals surface area contributed by atoms with Crippen molar-refractivity contribution in [2.75, 3.05) is 52.5 Å². The smallest absolute Gasteiger partial charge is 0.322 e.